The number of nitrogen functional groups attached to an aromatic ring is 1. The molecular formula is C10H7ClN3OY-. The van der Waals surface area contributed by atoms with Crippen LogP contribution in [0.2, 0.25) is 5.02 Å². The minimum atomic E-state index is -0.315. The molecule has 16 heavy (non-hydrogen) atoms. The fourth-order valence-corrected chi connectivity index (χ4v) is 1.30. The van der Waals surface area contributed by atoms with Crippen molar-refractivity contribution in [1.29, 1.82) is 0 Å². The fourth-order valence-electron chi connectivity index (χ4n) is 1.14. The van der Waals surface area contributed by atoms with Crippen molar-refractivity contribution in [2.75, 3.05) is 5.73 Å². The Balaban J connectivity index is 0.00000128. The molecular weight excluding hydrogens is 302 g/mol. The van der Waals surface area contributed by atoms with Gasteiger partial charge in [0.15, 0.2) is 0 Å². The van der Waals surface area contributed by atoms with Crippen LogP contribution in [-0.4, -0.2) is 9.55 Å². The van der Waals surface area contributed by atoms with Gasteiger partial charge in [-0.3, -0.25) is 4.79 Å². The molecule has 2 rings (SSSR count). The molecule has 0 saturated heterocycles. The van der Waals surface area contributed by atoms with Gasteiger partial charge in [-0.1, -0.05) is 23.5 Å². The second-order valence-electron chi connectivity index (χ2n) is 2.89. The second kappa shape index (κ2) is 5.57. The third-order valence-corrected chi connectivity index (χ3v) is 2.14. The van der Waals surface area contributed by atoms with Crippen LogP contribution in [-0.2, 0) is 32.7 Å². The minimum Gasteiger partial charge on any atom is -0.418 e. The second-order valence-corrected chi connectivity index (χ2v) is 3.30. The van der Waals surface area contributed by atoms with Crippen LogP contribution >= 0.6 is 11.6 Å². The molecule has 0 unspecified atom stereocenters. The largest absolute Gasteiger partial charge is 0.418 e. The third-order valence-electron chi connectivity index (χ3n) is 1.85. The van der Waals surface area contributed by atoms with Crippen LogP contribution in [0.15, 0.2) is 35.4 Å². The topological polar surface area (TPSA) is 60.9 Å². The first-order chi connectivity index (χ1) is 7.18. The molecule has 0 atom stereocenters. The number of halogens is 1. The summed E-state index contributed by atoms with van der Waals surface area (Å²) in [5.74, 6) is 0.441. The molecule has 0 aliphatic carbocycles. The monoisotopic (exact) mass is 309 g/mol. The summed E-state index contributed by atoms with van der Waals surface area (Å²) in [6.07, 6.45) is 3.02. The average molecular weight is 310 g/mol. The van der Waals surface area contributed by atoms with Crippen molar-refractivity contribution in [3.8, 4) is 5.82 Å². The van der Waals surface area contributed by atoms with E-state index in [0.717, 1.165) is 0 Å². The van der Waals surface area contributed by atoms with Crippen LogP contribution in [0, 0.1) is 6.07 Å². The summed E-state index contributed by atoms with van der Waals surface area (Å²) in [4.78, 5) is 15.6. The van der Waals surface area contributed by atoms with Gasteiger partial charge in [-0.25, -0.2) is 0 Å². The van der Waals surface area contributed by atoms with Crippen LogP contribution in [0.1, 0.15) is 0 Å². The number of rotatable bonds is 1. The molecule has 0 aliphatic rings. The average Bonchev–Trinajstić information content (AvgIpc) is 2.24. The van der Waals surface area contributed by atoms with Crippen molar-refractivity contribution in [2.24, 2.45) is 0 Å². The van der Waals surface area contributed by atoms with E-state index in [0.29, 0.717) is 11.5 Å². The van der Waals surface area contributed by atoms with Gasteiger partial charge in [0.1, 0.15) is 5.02 Å². The molecule has 0 aromatic carbocycles. The molecule has 0 saturated carbocycles. The van der Waals surface area contributed by atoms with Crippen molar-refractivity contribution >= 4 is 17.3 Å². The van der Waals surface area contributed by atoms with E-state index >= 15 is 0 Å². The summed E-state index contributed by atoms with van der Waals surface area (Å²) in [6.45, 7) is 0. The van der Waals surface area contributed by atoms with Gasteiger partial charge in [0, 0.05) is 44.7 Å². The zero-order valence-electron chi connectivity index (χ0n) is 8.22. The first-order valence-electron chi connectivity index (χ1n) is 4.19. The Morgan fingerprint density at radius 1 is 1.50 bits per heavy atom. The van der Waals surface area contributed by atoms with Crippen LogP contribution < -0.4 is 11.3 Å². The zero-order valence-corrected chi connectivity index (χ0v) is 11.8. The van der Waals surface area contributed by atoms with Crippen molar-refractivity contribution in [2.45, 2.75) is 0 Å². The Kier molecular flexibility index (Phi) is 4.65. The summed E-state index contributed by atoms with van der Waals surface area (Å²) < 4.78 is 1.33. The summed E-state index contributed by atoms with van der Waals surface area (Å²) in [5, 5.41) is 0.149. The van der Waals surface area contributed by atoms with Gasteiger partial charge < -0.3 is 15.3 Å². The zero-order chi connectivity index (χ0) is 10.8. The van der Waals surface area contributed by atoms with Crippen molar-refractivity contribution in [3.05, 3.63) is 52.0 Å². The number of hydrogen-bond acceptors (Lipinski definition) is 3. The molecule has 6 heteroatoms. The van der Waals surface area contributed by atoms with Crippen LogP contribution in [0.25, 0.3) is 5.82 Å². The molecule has 4 nitrogen and oxygen atoms in total. The smallest absolute Gasteiger partial charge is 0.263 e. The Labute approximate surface area is 122 Å². The van der Waals surface area contributed by atoms with Crippen molar-refractivity contribution in [3.63, 3.8) is 0 Å². The van der Waals surface area contributed by atoms with Gasteiger partial charge in [-0.2, -0.15) is 6.07 Å². The van der Waals surface area contributed by atoms with Gasteiger partial charge in [-0.05, 0) is 12.1 Å². The van der Waals surface area contributed by atoms with Gasteiger partial charge in [0.25, 0.3) is 5.56 Å². The normalized spacial score (nSPS) is 9.56. The predicted molar refractivity (Wildman–Crippen MR) is 58.1 cm³/mol. The standard InChI is InChI=1S/C10H7ClN3O.Y/c11-8-2-1-5-14(10(8)15)9-4-3-7(12)6-13-9;/h1-2,4-6H,12H2;/q-1;. The van der Waals surface area contributed by atoms with E-state index in [9.17, 15) is 4.79 Å². The molecule has 2 aromatic rings. The Hall–Kier alpha value is -0.706. The van der Waals surface area contributed by atoms with E-state index in [1.165, 1.54) is 22.9 Å². The fraction of sp³-hybridized carbons (Fsp3) is 0. The number of anilines is 1. The first kappa shape index (κ1) is 13.4. The molecule has 1 radical (unpaired) electrons. The number of nitrogens with two attached hydrogens (primary N) is 1. The summed E-state index contributed by atoms with van der Waals surface area (Å²) >= 11 is 5.70. The number of nitrogens with zero attached hydrogens (tertiary/aromatic N) is 2. The van der Waals surface area contributed by atoms with E-state index < -0.39 is 0 Å². The van der Waals surface area contributed by atoms with Crippen molar-refractivity contribution in [1.82, 2.24) is 9.55 Å². The SMILES string of the molecule is Nc1[c-]cc(-n2cccc(Cl)c2=O)nc1.[Y]. The molecule has 0 bridgehead atoms. The third kappa shape index (κ3) is 2.70. The van der Waals surface area contributed by atoms with Crippen LogP contribution in [0.5, 0.6) is 0 Å². The predicted octanol–water partition coefficient (Wildman–Crippen LogP) is 1.27. The van der Waals surface area contributed by atoms with Crippen LogP contribution in [0.4, 0.5) is 5.69 Å². The summed E-state index contributed by atoms with van der Waals surface area (Å²) in [6, 6.07) is 7.49. The van der Waals surface area contributed by atoms with E-state index in [1.807, 2.05) is 0 Å². The summed E-state index contributed by atoms with van der Waals surface area (Å²) in [7, 11) is 0. The maximum absolute atomic E-state index is 11.6. The van der Waals surface area contributed by atoms with E-state index in [-0.39, 0.29) is 43.3 Å². The Morgan fingerprint density at radius 2 is 2.25 bits per heavy atom. The molecule has 0 aliphatic heterocycles. The molecule has 2 N–H and O–H groups in total. The Bertz CT molecular complexity index is 539. The molecule has 79 valence electrons. The molecule has 2 aromatic heterocycles. The molecule has 2 heterocycles. The van der Waals surface area contributed by atoms with Gasteiger partial charge in [0.2, 0.25) is 0 Å². The van der Waals surface area contributed by atoms with Crippen molar-refractivity contribution < 1.29 is 32.7 Å². The quantitative estimate of drug-likeness (QED) is 0.807. The Morgan fingerprint density at radius 3 is 2.88 bits per heavy atom. The minimum absolute atomic E-state index is 0. The molecule has 0 amide bonds. The molecule has 0 fully saturated rings. The van der Waals surface area contributed by atoms with Gasteiger partial charge in [-0.15, -0.1) is 6.07 Å². The maximum Gasteiger partial charge on any atom is 0.263 e. The van der Waals surface area contributed by atoms with Gasteiger partial charge >= 0.3 is 0 Å². The number of hydrogen-bond donors (Lipinski definition) is 1. The van der Waals surface area contributed by atoms with E-state index in [4.69, 9.17) is 17.3 Å². The molecule has 0 spiro atoms. The van der Waals surface area contributed by atoms with Gasteiger partial charge in [0.05, 0.1) is 0 Å². The summed E-state index contributed by atoms with van der Waals surface area (Å²) in [5.41, 5.74) is 5.55. The number of pyridine rings is 2. The maximum atomic E-state index is 11.6. The number of aromatic nitrogens is 2. The van der Waals surface area contributed by atoms with E-state index in [2.05, 4.69) is 11.1 Å². The first-order valence-corrected chi connectivity index (χ1v) is 4.57. The van der Waals surface area contributed by atoms with Crippen LogP contribution in [0.3, 0.4) is 0 Å². The van der Waals surface area contributed by atoms with E-state index in [1.54, 1.807) is 12.3 Å².